The van der Waals surface area contributed by atoms with Crippen LogP contribution in [0.4, 0.5) is 11.4 Å². The molecule has 0 unspecified atom stereocenters. The van der Waals surface area contributed by atoms with E-state index in [4.69, 9.17) is 14.2 Å². The number of esters is 1. The van der Waals surface area contributed by atoms with Gasteiger partial charge in [0.25, 0.3) is 0 Å². The monoisotopic (exact) mass is 453 g/mol. The maximum Gasteiger partial charge on any atom is 0.338 e. The largest absolute Gasteiger partial charge is 0.497 e. The van der Waals surface area contributed by atoms with Gasteiger partial charge in [-0.05, 0) is 42.3 Å². The van der Waals surface area contributed by atoms with Crippen molar-refractivity contribution in [1.82, 2.24) is 4.98 Å². The fourth-order valence-corrected chi connectivity index (χ4v) is 3.63. The molecule has 1 N–H and O–H groups in total. The molecule has 0 saturated carbocycles. The van der Waals surface area contributed by atoms with Gasteiger partial charge in [0.15, 0.2) is 0 Å². The number of fused-ring (bicyclic) bond motifs is 1. The molecule has 3 aromatic carbocycles. The zero-order valence-electron chi connectivity index (χ0n) is 19.1. The van der Waals surface area contributed by atoms with Crippen molar-refractivity contribution in [2.24, 2.45) is 0 Å². The Hall–Kier alpha value is -4.57. The standard InChI is InChI=1S/C27H23N3O4/c1-4-34-27(31)18-7-5-17(6-8-18)19-9-10-25-24(11-19)26(20(15-28)16-29-25)30-21-12-22(32-2)14-23(13-21)33-3/h5-14,16H,4H2,1-3H3,(H,29,30). The van der Waals surface area contributed by atoms with Crippen LogP contribution in [0.25, 0.3) is 22.0 Å². The highest BCUT2D eigenvalue weighted by Gasteiger charge is 2.13. The van der Waals surface area contributed by atoms with Gasteiger partial charge in [0.1, 0.15) is 17.6 Å². The molecule has 0 fully saturated rings. The summed E-state index contributed by atoms with van der Waals surface area (Å²) in [6.45, 7) is 2.10. The minimum atomic E-state index is -0.351. The minimum absolute atomic E-state index is 0.328. The SMILES string of the molecule is CCOC(=O)c1ccc(-c2ccc3ncc(C#N)c(Nc4cc(OC)cc(OC)c4)c3c2)cc1. The number of methoxy groups -OCH3 is 2. The Balaban J connectivity index is 1.78. The van der Waals surface area contributed by atoms with E-state index in [0.717, 1.165) is 22.0 Å². The van der Waals surface area contributed by atoms with Crippen molar-refractivity contribution in [3.05, 3.63) is 78.0 Å². The third-order valence-corrected chi connectivity index (χ3v) is 5.34. The number of nitriles is 1. The molecule has 0 aliphatic rings. The second kappa shape index (κ2) is 9.92. The lowest BCUT2D eigenvalue weighted by Gasteiger charge is -2.14. The van der Waals surface area contributed by atoms with Crippen LogP contribution in [-0.4, -0.2) is 31.8 Å². The number of benzene rings is 3. The molecule has 0 radical (unpaired) electrons. The summed E-state index contributed by atoms with van der Waals surface area (Å²) in [6, 6.07) is 20.7. The van der Waals surface area contributed by atoms with E-state index in [2.05, 4.69) is 16.4 Å². The molecule has 34 heavy (non-hydrogen) atoms. The van der Waals surface area contributed by atoms with E-state index in [9.17, 15) is 10.1 Å². The maximum absolute atomic E-state index is 12.0. The molecule has 1 heterocycles. The van der Waals surface area contributed by atoms with Crippen molar-refractivity contribution < 1.29 is 19.0 Å². The summed E-state index contributed by atoms with van der Waals surface area (Å²) in [4.78, 5) is 16.4. The molecule has 0 aliphatic heterocycles. The summed E-state index contributed by atoms with van der Waals surface area (Å²) < 4.78 is 15.8. The van der Waals surface area contributed by atoms with Crippen LogP contribution in [0.2, 0.25) is 0 Å². The average Bonchev–Trinajstić information content (AvgIpc) is 2.88. The van der Waals surface area contributed by atoms with Gasteiger partial charge >= 0.3 is 5.97 Å². The van der Waals surface area contributed by atoms with E-state index in [1.54, 1.807) is 45.5 Å². The number of hydrogen-bond donors (Lipinski definition) is 1. The number of carbonyl (C=O) groups is 1. The van der Waals surface area contributed by atoms with Crippen LogP contribution in [0.3, 0.4) is 0 Å². The molecule has 7 heteroatoms. The first-order valence-electron chi connectivity index (χ1n) is 10.7. The summed E-state index contributed by atoms with van der Waals surface area (Å²) >= 11 is 0. The molecule has 0 aliphatic carbocycles. The van der Waals surface area contributed by atoms with Gasteiger partial charge in [0.05, 0.1) is 43.2 Å². The van der Waals surface area contributed by atoms with Crippen molar-refractivity contribution in [2.45, 2.75) is 6.92 Å². The zero-order chi connectivity index (χ0) is 24.1. The lowest BCUT2D eigenvalue weighted by molar-refractivity contribution is 0.0526. The third-order valence-electron chi connectivity index (χ3n) is 5.34. The predicted molar refractivity (Wildman–Crippen MR) is 131 cm³/mol. The van der Waals surface area contributed by atoms with Gasteiger partial charge in [-0.1, -0.05) is 18.2 Å². The molecule has 4 aromatic rings. The number of aromatic nitrogens is 1. The van der Waals surface area contributed by atoms with Gasteiger partial charge in [0, 0.05) is 35.5 Å². The molecule has 170 valence electrons. The van der Waals surface area contributed by atoms with Gasteiger partial charge in [-0.15, -0.1) is 0 Å². The maximum atomic E-state index is 12.0. The second-order valence-electron chi connectivity index (χ2n) is 7.41. The van der Waals surface area contributed by atoms with E-state index in [-0.39, 0.29) is 5.97 Å². The summed E-state index contributed by atoms with van der Waals surface area (Å²) in [5.74, 6) is 0.901. The third kappa shape index (κ3) is 4.62. The first-order chi connectivity index (χ1) is 16.6. The predicted octanol–water partition coefficient (Wildman–Crippen LogP) is 5.71. The number of nitrogens with one attached hydrogen (secondary N) is 1. The van der Waals surface area contributed by atoms with Gasteiger partial charge in [-0.3, -0.25) is 4.98 Å². The number of pyridine rings is 1. The Morgan fingerprint density at radius 1 is 0.971 bits per heavy atom. The summed E-state index contributed by atoms with van der Waals surface area (Å²) in [6.07, 6.45) is 1.55. The van der Waals surface area contributed by atoms with Crippen LogP contribution in [0.1, 0.15) is 22.8 Å². The fraction of sp³-hybridized carbons (Fsp3) is 0.148. The van der Waals surface area contributed by atoms with Gasteiger partial charge in [-0.25, -0.2) is 4.79 Å². The van der Waals surface area contributed by atoms with Crippen LogP contribution >= 0.6 is 0 Å². The molecular formula is C27H23N3O4. The highest BCUT2D eigenvalue weighted by molar-refractivity contribution is 5.98. The number of nitrogens with zero attached hydrogens (tertiary/aromatic N) is 2. The van der Waals surface area contributed by atoms with Crippen LogP contribution < -0.4 is 14.8 Å². The van der Waals surface area contributed by atoms with Crippen LogP contribution in [0.15, 0.2) is 66.9 Å². The summed E-state index contributed by atoms with van der Waals surface area (Å²) in [5.41, 5.74) is 4.83. The van der Waals surface area contributed by atoms with Crippen molar-refractivity contribution in [3.63, 3.8) is 0 Å². The molecule has 0 spiro atoms. The quantitative estimate of drug-likeness (QED) is 0.358. The van der Waals surface area contributed by atoms with Gasteiger partial charge in [-0.2, -0.15) is 5.26 Å². The van der Waals surface area contributed by atoms with Crippen LogP contribution in [0.5, 0.6) is 11.5 Å². The molecule has 0 amide bonds. The van der Waals surface area contributed by atoms with Crippen LogP contribution in [-0.2, 0) is 4.74 Å². The number of ether oxygens (including phenoxy) is 3. The smallest absolute Gasteiger partial charge is 0.338 e. The molecule has 0 bridgehead atoms. The number of hydrogen-bond acceptors (Lipinski definition) is 7. The van der Waals surface area contributed by atoms with Gasteiger partial charge in [0.2, 0.25) is 0 Å². The van der Waals surface area contributed by atoms with Crippen LogP contribution in [0, 0.1) is 11.3 Å². The Morgan fingerprint density at radius 3 is 2.26 bits per heavy atom. The van der Waals surface area contributed by atoms with Crippen molar-refractivity contribution >= 4 is 28.2 Å². The second-order valence-corrected chi connectivity index (χ2v) is 7.41. The number of anilines is 2. The Kier molecular flexibility index (Phi) is 6.60. The highest BCUT2D eigenvalue weighted by atomic mass is 16.5. The highest BCUT2D eigenvalue weighted by Crippen LogP contribution is 2.34. The lowest BCUT2D eigenvalue weighted by atomic mass is 10.00. The van der Waals surface area contributed by atoms with E-state index in [1.807, 2.05) is 42.5 Å². The molecule has 7 nitrogen and oxygen atoms in total. The minimum Gasteiger partial charge on any atom is -0.497 e. The lowest BCUT2D eigenvalue weighted by Crippen LogP contribution is -2.04. The Labute approximate surface area is 197 Å². The van der Waals surface area contributed by atoms with Crippen molar-refractivity contribution in [1.29, 1.82) is 5.26 Å². The fourth-order valence-electron chi connectivity index (χ4n) is 3.63. The number of carbonyl (C=O) groups excluding carboxylic acids is 1. The summed E-state index contributed by atoms with van der Waals surface area (Å²) in [7, 11) is 3.17. The van der Waals surface area contributed by atoms with Crippen molar-refractivity contribution in [3.8, 4) is 28.7 Å². The topological polar surface area (TPSA) is 93.5 Å². The normalized spacial score (nSPS) is 10.4. The van der Waals surface area contributed by atoms with E-state index in [1.165, 1.54) is 0 Å². The van der Waals surface area contributed by atoms with Gasteiger partial charge < -0.3 is 19.5 Å². The van der Waals surface area contributed by atoms with Crippen molar-refractivity contribution in [2.75, 3.05) is 26.1 Å². The summed E-state index contributed by atoms with van der Waals surface area (Å²) in [5, 5.41) is 13.9. The van der Waals surface area contributed by atoms with E-state index < -0.39 is 0 Å². The number of rotatable bonds is 7. The van der Waals surface area contributed by atoms with E-state index >= 15 is 0 Å². The van der Waals surface area contributed by atoms with E-state index in [0.29, 0.717) is 40.6 Å². The first kappa shape index (κ1) is 22.6. The Bertz CT molecular complexity index is 1370. The molecule has 4 rings (SSSR count). The molecule has 0 atom stereocenters. The molecule has 0 saturated heterocycles. The average molecular weight is 453 g/mol. The molecule has 1 aromatic heterocycles. The first-order valence-corrected chi connectivity index (χ1v) is 10.7. The molecular weight excluding hydrogens is 430 g/mol. The zero-order valence-corrected chi connectivity index (χ0v) is 19.1. The Morgan fingerprint density at radius 2 is 1.65 bits per heavy atom.